The van der Waals surface area contributed by atoms with Gasteiger partial charge in [-0.3, -0.25) is 10.2 Å². The minimum absolute atomic E-state index is 0.0516. The molecule has 3 N–H and O–H groups in total. The van der Waals surface area contributed by atoms with E-state index in [0.717, 1.165) is 22.6 Å². The van der Waals surface area contributed by atoms with E-state index in [0.29, 0.717) is 0 Å². The number of rotatable bonds is 3. The SMILES string of the molecule is CN1C(=N)N[C@]2(c3cc(NC(=O)c4ccc(F)cn4)ccc3F)COC[C@@H]2S1(=O)=O. The molecule has 30 heavy (non-hydrogen) atoms. The van der Waals surface area contributed by atoms with Crippen LogP contribution in [0.15, 0.2) is 36.5 Å². The molecular formula is C18H17F2N5O4S. The lowest BCUT2D eigenvalue weighted by Crippen LogP contribution is -2.67. The Morgan fingerprint density at radius 2 is 2.13 bits per heavy atom. The zero-order valence-corrected chi connectivity index (χ0v) is 16.5. The van der Waals surface area contributed by atoms with Crippen LogP contribution in [0.2, 0.25) is 0 Å². The van der Waals surface area contributed by atoms with Crippen molar-refractivity contribution >= 4 is 27.6 Å². The Kier molecular flexibility index (Phi) is 4.70. The second kappa shape index (κ2) is 6.99. The number of nitrogens with zero attached hydrogens (tertiary/aromatic N) is 2. The molecule has 0 saturated carbocycles. The highest BCUT2D eigenvalue weighted by atomic mass is 32.2. The van der Waals surface area contributed by atoms with Crippen molar-refractivity contribution in [1.82, 2.24) is 14.6 Å². The molecule has 2 atom stereocenters. The third-order valence-electron chi connectivity index (χ3n) is 5.21. The molecule has 0 radical (unpaired) electrons. The molecule has 158 valence electrons. The van der Waals surface area contributed by atoms with Crippen LogP contribution in [0.5, 0.6) is 0 Å². The van der Waals surface area contributed by atoms with Gasteiger partial charge in [-0.05, 0) is 30.3 Å². The third kappa shape index (κ3) is 3.08. The van der Waals surface area contributed by atoms with Crippen LogP contribution < -0.4 is 10.6 Å². The van der Waals surface area contributed by atoms with E-state index < -0.39 is 44.3 Å². The van der Waals surface area contributed by atoms with Gasteiger partial charge in [-0.1, -0.05) is 0 Å². The van der Waals surface area contributed by atoms with Gasteiger partial charge in [0, 0.05) is 18.3 Å². The monoisotopic (exact) mass is 437 g/mol. The molecule has 4 rings (SSSR count). The molecule has 2 fully saturated rings. The van der Waals surface area contributed by atoms with E-state index in [4.69, 9.17) is 10.1 Å². The topological polar surface area (TPSA) is 124 Å². The highest BCUT2D eigenvalue weighted by Crippen LogP contribution is 2.41. The summed E-state index contributed by atoms with van der Waals surface area (Å²) in [5, 5.41) is 12.1. The molecule has 0 spiro atoms. The van der Waals surface area contributed by atoms with Crippen LogP contribution in [0.25, 0.3) is 0 Å². The minimum Gasteiger partial charge on any atom is -0.377 e. The number of amides is 1. The average Bonchev–Trinajstić information content (AvgIpc) is 3.14. The van der Waals surface area contributed by atoms with E-state index in [-0.39, 0.29) is 30.2 Å². The first kappa shape index (κ1) is 20.2. The Morgan fingerprint density at radius 3 is 2.83 bits per heavy atom. The molecule has 9 nitrogen and oxygen atoms in total. The Hall–Kier alpha value is -3.12. The van der Waals surface area contributed by atoms with Crippen molar-refractivity contribution in [3.8, 4) is 0 Å². The van der Waals surface area contributed by atoms with E-state index in [1.54, 1.807) is 0 Å². The number of aromatic nitrogens is 1. The van der Waals surface area contributed by atoms with E-state index in [1.807, 2.05) is 0 Å². The van der Waals surface area contributed by atoms with Crippen LogP contribution in [0.1, 0.15) is 16.1 Å². The number of nitrogens with one attached hydrogen (secondary N) is 3. The lowest BCUT2D eigenvalue weighted by Gasteiger charge is -2.43. The van der Waals surface area contributed by atoms with Crippen LogP contribution in [-0.4, -0.2) is 55.1 Å². The van der Waals surface area contributed by atoms with Crippen molar-refractivity contribution < 1.29 is 26.7 Å². The number of ether oxygens (including phenoxy) is 1. The number of sulfonamides is 1. The van der Waals surface area contributed by atoms with Gasteiger partial charge in [0.15, 0.2) is 0 Å². The number of hydrogen-bond acceptors (Lipinski definition) is 6. The summed E-state index contributed by atoms with van der Waals surface area (Å²) in [5.74, 6) is -2.38. The summed E-state index contributed by atoms with van der Waals surface area (Å²) in [6.45, 7) is -0.358. The van der Waals surface area contributed by atoms with Crippen LogP contribution in [0.3, 0.4) is 0 Å². The Morgan fingerprint density at radius 1 is 1.37 bits per heavy atom. The molecule has 0 unspecified atom stereocenters. The van der Waals surface area contributed by atoms with Gasteiger partial charge in [0.2, 0.25) is 16.0 Å². The van der Waals surface area contributed by atoms with Crippen LogP contribution in [-0.2, 0) is 20.3 Å². The zero-order chi connectivity index (χ0) is 21.7. The number of carbonyl (C=O) groups excluding carboxylic acids is 1. The summed E-state index contributed by atoms with van der Waals surface area (Å²) in [5.41, 5.74) is -1.46. The van der Waals surface area contributed by atoms with Crippen LogP contribution in [0, 0.1) is 17.0 Å². The molecule has 3 heterocycles. The molecular weight excluding hydrogens is 420 g/mol. The number of benzene rings is 1. The highest BCUT2D eigenvalue weighted by Gasteiger charge is 2.59. The highest BCUT2D eigenvalue weighted by molar-refractivity contribution is 7.90. The number of carbonyl (C=O) groups is 1. The quantitative estimate of drug-likeness (QED) is 0.658. The molecule has 2 aliphatic heterocycles. The summed E-state index contributed by atoms with van der Waals surface area (Å²) < 4.78 is 59.6. The second-order valence-electron chi connectivity index (χ2n) is 6.97. The lowest BCUT2D eigenvalue weighted by molar-refractivity contribution is 0.102. The summed E-state index contributed by atoms with van der Waals surface area (Å²) in [7, 11) is -2.74. The normalized spacial score (nSPS) is 24.8. The molecule has 1 amide bonds. The summed E-state index contributed by atoms with van der Waals surface area (Å²) >= 11 is 0. The largest absolute Gasteiger partial charge is 0.377 e. The van der Waals surface area contributed by atoms with Gasteiger partial charge >= 0.3 is 0 Å². The first-order valence-electron chi connectivity index (χ1n) is 8.80. The fourth-order valence-electron chi connectivity index (χ4n) is 3.60. The molecule has 2 saturated heterocycles. The number of pyridine rings is 1. The van der Waals surface area contributed by atoms with Gasteiger partial charge in [0.1, 0.15) is 28.1 Å². The van der Waals surface area contributed by atoms with Crippen LogP contribution in [0.4, 0.5) is 14.5 Å². The van der Waals surface area contributed by atoms with E-state index in [9.17, 15) is 22.0 Å². The van der Waals surface area contributed by atoms with Gasteiger partial charge < -0.3 is 15.4 Å². The first-order chi connectivity index (χ1) is 14.1. The van der Waals surface area contributed by atoms with E-state index >= 15 is 0 Å². The minimum atomic E-state index is -3.97. The van der Waals surface area contributed by atoms with E-state index in [2.05, 4.69) is 15.6 Å². The van der Waals surface area contributed by atoms with Gasteiger partial charge in [0.05, 0.1) is 19.4 Å². The molecule has 2 aliphatic rings. The Bertz CT molecular complexity index is 1140. The number of anilines is 1. The summed E-state index contributed by atoms with van der Waals surface area (Å²) in [4.78, 5) is 16.0. The molecule has 0 aliphatic carbocycles. The molecule has 12 heteroatoms. The van der Waals surface area contributed by atoms with E-state index in [1.165, 1.54) is 25.2 Å². The van der Waals surface area contributed by atoms with Gasteiger partial charge in [-0.15, -0.1) is 0 Å². The number of fused-ring (bicyclic) bond motifs is 1. The summed E-state index contributed by atoms with van der Waals surface area (Å²) in [6.07, 6.45) is 0.892. The third-order valence-corrected chi connectivity index (χ3v) is 7.41. The Labute approximate surface area is 170 Å². The maximum Gasteiger partial charge on any atom is 0.274 e. The zero-order valence-electron chi connectivity index (χ0n) is 15.6. The van der Waals surface area contributed by atoms with Gasteiger partial charge in [-0.25, -0.2) is 26.5 Å². The first-order valence-corrected chi connectivity index (χ1v) is 10.3. The standard InChI is InChI=1S/C18H17F2N5O4S/c1-25-17(21)24-18(9-29-8-15(18)30(25,27)28)12-6-11(3-4-13(12)20)23-16(26)14-5-2-10(19)7-22-14/h2-7,15H,8-9H2,1H3,(H2,21,24)(H,23,26)/t15-,18-/m0/s1. The fraction of sp³-hybridized carbons (Fsp3) is 0.278. The number of guanidine groups is 1. The maximum absolute atomic E-state index is 14.8. The van der Waals surface area contributed by atoms with Crippen molar-refractivity contribution in [1.29, 1.82) is 5.41 Å². The number of hydrogen-bond donors (Lipinski definition) is 3. The molecule has 1 aromatic heterocycles. The van der Waals surface area contributed by atoms with Crippen molar-refractivity contribution in [3.63, 3.8) is 0 Å². The summed E-state index contributed by atoms with van der Waals surface area (Å²) in [6, 6.07) is 5.96. The molecule has 0 bridgehead atoms. The van der Waals surface area contributed by atoms with Gasteiger partial charge in [0.25, 0.3) is 5.91 Å². The second-order valence-corrected chi connectivity index (χ2v) is 9.12. The van der Waals surface area contributed by atoms with Crippen molar-refractivity contribution in [2.75, 3.05) is 25.6 Å². The predicted octanol–water partition coefficient (Wildman–Crippen LogP) is 1.01. The fourth-order valence-corrected chi connectivity index (χ4v) is 5.31. The average molecular weight is 437 g/mol. The van der Waals surface area contributed by atoms with Crippen LogP contribution >= 0.6 is 0 Å². The van der Waals surface area contributed by atoms with Crippen molar-refractivity contribution in [3.05, 3.63) is 59.4 Å². The van der Waals surface area contributed by atoms with Gasteiger partial charge in [-0.2, -0.15) is 0 Å². The van der Waals surface area contributed by atoms with Crippen molar-refractivity contribution in [2.24, 2.45) is 0 Å². The maximum atomic E-state index is 14.8. The predicted molar refractivity (Wildman–Crippen MR) is 102 cm³/mol. The molecule has 1 aromatic carbocycles. The molecule has 2 aromatic rings. The lowest BCUT2D eigenvalue weighted by atomic mass is 9.87. The van der Waals surface area contributed by atoms with Crippen molar-refractivity contribution in [2.45, 2.75) is 10.8 Å². The smallest absolute Gasteiger partial charge is 0.274 e. The number of halogens is 2. The Balaban J connectivity index is 1.72.